The summed E-state index contributed by atoms with van der Waals surface area (Å²) in [6.07, 6.45) is 5.27. The van der Waals surface area contributed by atoms with Crippen molar-refractivity contribution in [3.63, 3.8) is 0 Å². The van der Waals surface area contributed by atoms with Crippen LogP contribution in [0.3, 0.4) is 0 Å². The number of urea groups is 1. The van der Waals surface area contributed by atoms with E-state index in [2.05, 4.69) is 31.3 Å². The van der Waals surface area contributed by atoms with Crippen LogP contribution < -0.4 is 5.32 Å². The number of halogens is 3. The van der Waals surface area contributed by atoms with Crippen molar-refractivity contribution in [2.45, 2.75) is 83.2 Å². The number of amides is 2. The van der Waals surface area contributed by atoms with Crippen LogP contribution in [0.5, 0.6) is 0 Å². The number of hydrogen-bond acceptors (Lipinski definition) is 4. The average molecular weight is 775 g/mol. The maximum Gasteiger partial charge on any atom is 0.416 e. The summed E-state index contributed by atoms with van der Waals surface area (Å²) in [4.78, 5) is 31.0. The minimum Gasteiger partial charge on any atom is -0.393 e. The fraction of sp³-hybridized carbons (Fsp3) is 0.417. The molecule has 2 bridgehead atoms. The van der Waals surface area contributed by atoms with Crippen LogP contribution in [0, 0.1) is 33.5 Å². The smallest absolute Gasteiger partial charge is 0.393 e. The number of para-hydroxylation sites is 1. The Morgan fingerprint density at radius 2 is 1.51 bits per heavy atom. The van der Waals surface area contributed by atoms with Crippen LogP contribution in [-0.2, 0) is 12.7 Å². The number of anilines is 1. The van der Waals surface area contributed by atoms with Gasteiger partial charge >= 0.3 is 12.2 Å². The zero-order valence-electron chi connectivity index (χ0n) is 32.4. The number of fused-ring (bicyclic) bond motifs is 2. The van der Waals surface area contributed by atoms with E-state index in [1.165, 1.54) is 12.1 Å². The average Bonchev–Trinajstić information content (AvgIpc) is 3.47. The van der Waals surface area contributed by atoms with Gasteiger partial charge in [-0.25, -0.2) is 4.79 Å². The third kappa shape index (κ3) is 5.66. The van der Waals surface area contributed by atoms with Crippen molar-refractivity contribution in [1.82, 2.24) is 4.90 Å². The highest BCUT2D eigenvalue weighted by Crippen LogP contribution is 2.78. The lowest BCUT2D eigenvalue weighted by Crippen LogP contribution is -2.67. The molecular formula is C48H49F3N2O4. The van der Waals surface area contributed by atoms with Gasteiger partial charge in [0.05, 0.1) is 23.8 Å². The van der Waals surface area contributed by atoms with Crippen LogP contribution in [0.25, 0.3) is 10.8 Å². The molecule has 1 unspecified atom stereocenters. The number of ketones is 1. The summed E-state index contributed by atoms with van der Waals surface area (Å²) in [6, 6.07) is 27.7. The van der Waals surface area contributed by atoms with Crippen LogP contribution in [-0.4, -0.2) is 45.2 Å². The molecule has 6 nitrogen and oxygen atoms in total. The summed E-state index contributed by atoms with van der Waals surface area (Å²) >= 11 is 0. The third-order valence-electron chi connectivity index (χ3n) is 15.4. The van der Waals surface area contributed by atoms with E-state index in [-0.39, 0.29) is 41.9 Å². The van der Waals surface area contributed by atoms with E-state index in [0.717, 1.165) is 34.9 Å². The van der Waals surface area contributed by atoms with Crippen LogP contribution in [0.4, 0.5) is 23.7 Å². The molecule has 3 saturated carbocycles. The van der Waals surface area contributed by atoms with Crippen molar-refractivity contribution >= 4 is 28.3 Å². The Morgan fingerprint density at radius 3 is 2.30 bits per heavy atom. The second-order valence-electron chi connectivity index (χ2n) is 18.0. The first kappa shape index (κ1) is 37.8. The molecule has 57 heavy (non-hydrogen) atoms. The van der Waals surface area contributed by atoms with Crippen LogP contribution in [0.1, 0.15) is 80.3 Å². The molecule has 4 aromatic rings. The molecule has 0 aliphatic heterocycles. The predicted molar refractivity (Wildman–Crippen MR) is 214 cm³/mol. The van der Waals surface area contributed by atoms with Crippen molar-refractivity contribution in [3.8, 4) is 0 Å². The SMILES string of the molecule is C[C@]12CC[C@H]3[C@]4(C=C[C@@]5(C=C4C(=O)c4cccc(C(F)(F)F)c4)CC(O)CC[C@]35C)[C@@H]1CC[C@@]2(O)CN(Cc1cccc2ccccc12)C(=O)Nc1ccccc1. The topological polar surface area (TPSA) is 89.9 Å². The molecule has 2 amide bonds. The van der Waals surface area contributed by atoms with E-state index < -0.39 is 45.5 Å². The van der Waals surface area contributed by atoms with Crippen LogP contribution in [0.15, 0.2) is 121 Å². The molecular weight excluding hydrogens is 726 g/mol. The number of nitrogens with zero attached hydrogens (tertiary/aromatic N) is 1. The fourth-order valence-electron chi connectivity index (χ4n) is 12.5. The summed E-state index contributed by atoms with van der Waals surface area (Å²) in [5.41, 5.74) is -2.75. The van der Waals surface area contributed by atoms with Gasteiger partial charge in [0.25, 0.3) is 0 Å². The second-order valence-corrected chi connectivity index (χ2v) is 18.0. The Bertz CT molecular complexity index is 2320. The Balaban J connectivity index is 1.13. The lowest BCUT2D eigenvalue weighted by molar-refractivity contribution is -0.174. The summed E-state index contributed by atoms with van der Waals surface area (Å²) in [5.74, 6) is -0.716. The van der Waals surface area contributed by atoms with Gasteiger partial charge in [-0.3, -0.25) is 4.79 Å². The maximum absolute atomic E-state index is 14.9. The zero-order valence-corrected chi connectivity index (χ0v) is 32.4. The van der Waals surface area contributed by atoms with Gasteiger partial charge in [-0.15, -0.1) is 0 Å². The van der Waals surface area contributed by atoms with E-state index in [1.54, 1.807) is 4.90 Å². The third-order valence-corrected chi connectivity index (χ3v) is 15.4. The number of carbonyl (C=O) groups is 2. The van der Waals surface area contributed by atoms with Gasteiger partial charge in [-0.2, -0.15) is 13.2 Å². The number of carbonyl (C=O) groups excluding carboxylic acids is 2. The molecule has 3 fully saturated rings. The van der Waals surface area contributed by atoms with Gasteiger partial charge in [0, 0.05) is 39.6 Å². The van der Waals surface area contributed by atoms with Crippen molar-refractivity contribution in [2.24, 2.45) is 33.5 Å². The van der Waals surface area contributed by atoms with E-state index in [0.29, 0.717) is 49.8 Å². The van der Waals surface area contributed by atoms with E-state index in [1.807, 2.05) is 78.9 Å². The Kier molecular flexibility index (Phi) is 8.72. The summed E-state index contributed by atoms with van der Waals surface area (Å²) in [5, 5.41) is 29.4. The molecule has 2 spiro atoms. The number of aliphatic hydroxyl groups is 2. The van der Waals surface area contributed by atoms with Gasteiger partial charge in [-0.1, -0.05) is 105 Å². The van der Waals surface area contributed by atoms with Crippen molar-refractivity contribution in [3.05, 3.63) is 138 Å². The number of alkyl halides is 3. The fourth-order valence-corrected chi connectivity index (χ4v) is 12.5. The summed E-state index contributed by atoms with van der Waals surface area (Å²) in [6.45, 7) is 4.66. The molecule has 296 valence electrons. The van der Waals surface area contributed by atoms with Gasteiger partial charge in [0.2, 0.25) is 0 Å². The quantitative estimate of drug-likeness (QED) is 0.129. The van der Waals surface area contributed by atoms with Gasteiger partial charge in [0.15, 0.2) is 5.78 Å². The largest absolute Gasteiger partial charge is 0.416 e. The minimum absolute atomic E-state index is 0.0148. The highest BCUT2D eigenvalue weighted by Gasteiger charge is 2.74. The van der Waals surface area contributed by atoms with Crippen LogP contribution in [0.2, 0.25) is 0 Å². The number of benzene rings is 4. The first-order valence-corrected chi connectivity index (χ1v) is 20.3. The maximum atomic E-state index is 14.9. The standard InChI is InChI=1S/C48H49F3N2O4/c1-43-21-18-36(54)27-45(43)24-25-47(38(28-45)41(55)32-12-9-14-34(26-32)48(49,50)51)39(43)19-22-44(2)40(47)20-23-46(44,57)30-53(42(56)52-35-15-4-3-5-16-35)29-33-13-8-11-31-10-6-7-17-37(31)33/h3-17,24-26,28,36,39-40,54,57H,18-23,27,29-30H2,1-2H3,(H,52,56)/t36?,39-,40-,43-,44+,45+,46-,47-/m1/s1. The molecule has 6 aliphatic rings. The Morgan fingerprint density at radius 1 is 0.825 bits per heavy atom. The first-order chi connectivity index (χ1) is 27.1. The second kappa shape index (κ2) is 13.1. The van der Waals surface area contributed by atoms with E-state index >= 15 is 0 Å². The van der Waals surface area contributed by atoms with E-state index in [4.69, 9.17) is 0 Å². The normalized spacial score (nSPS) is 33.9. The van der Waals surface area contributed by atoms with Crippen molar-refractivity contribution < 1.29 is 33.0 Å². The predicted octanol–water partition coefficient (Wildman–Crippen LogP) is 10.4. The molecule has 4 aromatic carbocycles. The molecule has 0 saturated heterocycles. The monoisotopic (exact) mass is 774 g/mol. The number of rotatable bonds is 7. The number of Topliss-reactive ketones (excluding diaryl/α,β-unsaturated/α-hetero) is 1. The van der Waals surface area contributed by atoms with Crippen molar-refractivity contribution in [1.29, 1.82) is 0 Å². The van der Waals surface area contributed by atoms with E-state index in [9.17, 15) is 33.0 Å². The Hall–Kier alpha value is -4.73. The zero-order chi connectivity index (χ0) is 40.0. The van der Waals surface area contributed by atoms with Crippen LogP contribution >= 0.6 is 0 Å². The first-order valence-electron chi connectivity index (χ1n) is 20.3. The van der Waals surface area contributed by atoms with Gasteiger partial charge < -0.3 is 20.4 Å². The number of allylic oxidation sites excluding steroid dienone is 4. The molecule has 3 N–H and O–H groups in total. The molecule has 9 heteroatoms. The minimum atomic E-state index is -4.61. The lowest BCUT2D eigenvalue weighted by Gasteiger charge is -2.71. The van der Waals surface area contributed by atoms with Gasteiger partial charge in [0.1, 0.15) is 0 Å². The molecule has 10 rings (SSSR count). The molecule has 0 aromatic heterocycles. The van der Waals surface area contributed by atoms with Crippen molar-refractivity contribution in [2.75, 3.05) is 11.9 Å². The highest BCUT2D eigenvalue weighted by molar-refractivity contribution is 6.10. The molecule has 0 heterocycles. The highest BCUT2D eigenvalue weighted by atomic mass is 19.4. The summed E-state index contributed by atoms with van der Waals surface area (Å²) in [7, 11) is 0. The molecule has 8 atom stereocenters. The summed E-state index contributed by atoms with van der Waals surface area (Å²) < 4.78 is 42.0. The Labute approximate surface area is 331 Å². The lowest BCUT2D eigenvalue weighted by atomic mass is 9.32. The van der Waals surface area contributed by atoms with Gasteiger partial charge in [-0.05, 0) is 103 Å². The molecule has 0 radical (unpaired) electrons. The number of hydrogen-bond donors (Lipinski definition) is 3. The number of nitrogens with one attached hydrogen (secondary N) is 1. The number of aliphatic hydroxyl groups excluding tert-OH is 1. The molecule has 6 aliphatic carbocycles.